The van der Waals surface area contributed by atoms with E-state index in [0.29, 0.717) is 16.8 Å². The van der Waals surface area contributed by atoms with Crippen molar-refractivity contribution in [1.82, 2.24) is 15.0 Å². The average molecular weight is 345 g/mol. The van der Waals surface area contributed by atoms with E-state index in [2.05, 4.69) is 10.3 Å². The van der Waals surface area contributed by atoms with Gasteiger partial charge >= 0.3 is 0 Å². The van der Waals surface area contributed by atoms with Gasteiger partial charge < -0.3 is 10.2 Å². The Balaban J connectivity index is 1.92. The van der Waals surface area contributed by atoms with Crippen molar-refractivity contribution in [3.63, 3.8) is 0 Å². The van der Waals surface area contributed by atoms with Crippen LogP contribution >= 0.6 is 0 Å². The van der Waals surface area contributed by atoms with Gasteiger partial charge in [0.25, 0.3) is 0 Å². The van der Waals surface area contributed by atoms with Crippen LogP contribution in [0.2, 0.25) is 0 Å². The highest BCUT2D eigenvalue weighted by atomic mass is 19.1. The summed E-state index contributed by atoms with van der Waals surface area (Å²) >= 11 is 0. The SMILES string of the molecule is CC(C)c1cc(-c2cn(Cc3ccc(F)cc3F)nn2)c(O)cc1O. The van der Waals surface area contributed by atoms with Crippen LogP contribution < -0.4 is 0 Å². The van der Waals surface area contributed by atoms with Gasteiger partial charge in [-0.3, -0.25) is 0 Å². The Morgan fingerprint density at radius 1 is 1.08 bits per heavy atom. The number of phenols is 2. The van der Waals surface area contributed by atoms with Crippen molar-refractivity contribution in [2.75, 3.05) is 0 Å². The molecular formula is C18H17F2N3O2. The van der Waals surface area contributed by atoms with Crippen LogP contribution in [0.1, 0.15) is 30.9 Å². The number of hydrogen-bond acceptors (Lipinski definition) is 4. The summed E-state index contributed by atoms with van der Waals surface area (Å²) in [6.45, 7) is 3.92. The van der Waals surface area contributed by atoms with Crippen molar-refractivity contribution in [2.24, 2.45) is 0 Å². The Hall–Kier alpha value is -2.96. The van der Waals surface area contributed by atoms with E-state index in [1.807, 2.05) is 13.8 Å². The molecule has 2 aromatic carbocycles. The van der Waals surface area contributed by atoms with Gasteiger partial charge in [-0.25, -0.2) is 13.5 Å². The lowest BCUT2D eigenvalue weighted by Gasteiger charge is -2.11. The summed E-state index contributed by atoms with van der Waals surface area (Å²) in [5, 5.41) is 27.9. The summed E-state index contributed by atoms with van der Waals surface area (Å²) in [6.07, 6.45) is 1.55. The zero-order chi connectivity index (χ0) is 18.1. The van der Waals surface area contributed by atoms with E-state index < -0.39 is 11.6 Å². The molecule has 0 spiro atoms. The third-order valence-electron chi connectivity index (χ3n) is 3.93. The van der Waals surface area contributed by atoms with Crippen LogP contribution in [0.15, 0.2) is 36.5 Å². The Morgan fingerprint density at radius 3 is 2.52 bits per heavy atom. The molecule has 130 valence electrons. The van der Waals surface area contributed by atoms with Crippen molar-refractivity contribution < 1.29 is 19.0 Å². The topological polar surface area (TPSA) is 71.2 Å². The van der Waals surface area contributed by atoms with Gasteiger partial charge in [-0.05, 0) is 23.6 Å². The first kappa shape index (κ1) is 16.9. The standard InChI is InChI=1S/C18H17F2N3O2/c1-10(2)13-6-14(18(25)7-17(13)24)16-9-23(22-21-16)8-11-3-4-12(19)5-15(11)20/h3-7,9-10,24-25H,8H2,1-2H3. The molecule has 0 saturated heterocycles. The third-order valence-corrected chi connectivity index (χ3v) is 3.93. The van der Waals surface area contributed by atoms with Gasteiger partial charge in [0.05, 0.1) is 12.7 Å². The van der Waals surface area contributed by atoms with Crippen LogP contribution in [0.4, 0.5) is 8.78 Å². The Kier molecular flexibility index (Phi) is 4.39. The van der Waals surface area contributed by atoms with Crippen LogP contribution in [0.25, 0.3) is 11.3 Å². The number of aromatic hydroxyl groups is 2. The summed E-state index contributed by atoms with van der Waals surface area (Å²) in [5.41, 5.74) is 1.76. The molecule has 0 amide bonds. The number of aromatic nitrogens is 3. The summed E-state index contributed by atoms with van der Waals surface area (Å²) in [6, 6.07) is 6.26. The van der Waals surface area contributed by atoms with E-state index in [9.17, 15) is 19.0 Å². The fourth-order valence-corrected chi connectivity index (χ4v) is 2.59. The minimum absolute atomic E-state index is 0.0111. The number of benzene rings is 2. The number of rotatable bonds is 4. The molecule has 2 N–H and O–H groups in total. The molecule has 0 aliphatic carbocycles. The van der Waals surface area contributed by atoms with Crippen LogP contribution in [-0.4, -0.2) is 25.2 Å². The van der Waals surface area contributed by atoms with Gasteiger partial charge in [0.1, 0.15) is 28.8 Å². The zero-order valence-electron chi connectivity index (χ0n) is 13.7. The van der Waals surface area contributed by atoms with E-state index in [-0.39, 0.29) is 29.5 Å². The second-order valence-electron chi connectivity index (χ2n) is 6.12. The van der Waals surface area contributed by atoms with Gasteiger partial charge in [-0.2, -0.15) is 0 Å². The maximum Gasteiger partial charge on any atom is 0.131 e. The van der Waals surface area contributed by atoms with Gasteiger partial charge in [-0.15, -0.1) is 5.10 Å². The van der Waals surface area contributed by atoms with Crippen molar-refractivity contribution in [3.05, 3.63) is 59.3 Å². The van der Waals surface area contributed by atoms with E-state index in [0.717, 1.165) is 6.07 Å². The fourth-order valence-electron chi connectivity index (χ4n) is 2.59. The Morgan fingerprint density at radius 2 is 1.84 bits per heavy atom. The largest absolute Gasteiger partial charge is 0.508 e. The first-order valence-electron chi connectivity index (χ1n) is 7.75. The smallest absolute Gasteiger partial charge is 0.131 e. The normalized spacial score (nSPS) is 11.2. The van der Waals surface area contributed by atoms with Crippen LogP contribution in [0.3, 0.4) is 0 Å². The predicted octanol–water partition coefficient (Wildman–Crippen LogP) is 3.81. The minimum atomic E-state index is -0.661. The molecule has 0 radical (unpaired) electrons. The Labute approximate surface area is 143 Å². The van der Waals surface area contributed by atoms with Crippen molar-refractivity contribution in [2.45, 2.75) is 26.3 Å². The van der Waals surface area contributed by atoms with Gasteiger partial charge in [0.15, 0.2) is 0 Å². The summed E-state index contributed by atoms with van der Waals surface area (Å²) in [4.78, 5) is 0. The highest BCUT2D eigenvalue weighted by Gasteiger charge is 2.16. The number of nitrogens with zero attached hydrogens (tertiary/aromatic N) is 3. The summed E-state index contributed by atoms with van der Waals surface area (Å²) in [5.74, 6) is -1.36. The summed E-state index contributed by atoms with van der Waals surface area (Å²) < 4.78 is 28.1. The lowest BCUT2D eigenvalue weighted by atomic mass is 9.98. The molecule has 7 heteroatoms. The molecular weight excluding hydrogens is 328 g/mol. The van der Waals surface area contributed by atoms with E-state index in [4.69, 9.17) is 0 Å². The monoisotopic (exact) mass is 345 g/mol. The number of hydrogen-bond donors (Lipinski definition) is 2. The molecule has 0 fully saturated rings. The van der Waals surface area contributed by atoms with E-state index in [1.165, 1.54) is 22.9 Å². The molecule has 1 aromatic heterocycles. The van der Waals surface area contributed by atoms with Crippen molar-refractivity contribution in [1.29, 1.82) is 0 Å². The maximum absolute atomic E-state index is 13.7. The van der Waals surface area contributed by atoms with Gasteiger partial charge in [0.2, 0.25) is 0 Å². The second kappa shape index (κ2) is 6.51. The molecule has 5 nitrogen and oxygen atoms in total. The molecule has 0 saturated carbocycles. The van der Waals surface area contributed by atoms with E-state index >= 15 is 0 Å². The first-order chi connectivity index (χ1) is 11.8. The number of halogens is 2. The molecule has 0 aliphatic heterocycles. The average Bonchev–Trinajstić information content (AvgIpc) is 2.98. The zero-order valence-corrected chi connectivity index (χ0v) is 13.7. The molecule has 0 aliphatic rings. The van der Waals surface area contributed by atoms with Crippen molar-refractivity contribution >= 4 is 0 Å². The third kappa shape index (κ3) is 3.45. The van der Waals surface area contributed by atoms with E-state index in [1.54, 1.807) is 12.3 Å². The molecule has 0 unspecified atom stereocenters. The van der Waals surface area contributed by atoms with Crippen molar-refractivity contribution in [3.8, 4) is 22.8 Å². The second-order valence-corrected chi connectivity index (χ2v) is 6.12. The van der Waals surface area contributed by atoms with Gasteiger partial charge in [0, 0.05) is 23.3 Å². The molecule has 0 bridgehead atoms. The Bertz CT molecular complexity index is 923. The molecule has 25 heavy (non-hydrogen) atoms. The first-order valence-corrected chi connectivity index (χ1v) is 7.75. The quantitative estimate of drug-likeness (QED) is 0.754. The molecule has 1 heterocycles. The summed E-state index contributed by atoms with van der Waals surface area (Å²) in [7, 11) is 0. The minimum Gasteiger partial charge on any atom is -0.508 e. The van der Waals surface area contributed by atoms with Crippen LogP contribution in [0.5, 0.6) is 11.5 Å². The lowest BCUT2D eigenvalue weighted by molar-refractivity contribution is 0.445. The molecule has 3 rings (SSSR count). The highest BCUT2D eigenvalue weighted by Crippen LogP contribution is 2.36. The number of phenolic OH excluding ortho intramolecular Hbond substituents is 2. The molecule has 3 aromatic rings. The predicted molar refractivity (Wildman–Crippen MR) is 88.3 cm³/mol. The van der Waals surface area contributed by atoms with Crippen LogP contribution in [-0.2, 0) is 6.54 Å². The highest BCUT2D eigenvalue weighted by molar-refractivity contribution is 5.69. The molecule has 0 atom stereocenters. The fraction of sp³-hybridized carbons (Fsp3) is 0.222. The lowest BCUT2D eigenvalue weighted by Crippen LogP contribution is -2.03. The van der Waals surface area contributed by atoms with Crippen LogP contribution in [0, 0.1) is 11.6 Å². The maximum atomic E-state index is 13.7. The van der Waals surface area contributed by atoms with Gasteiger partial charge in [-0.1, -0.05) is 25.1 Å².